The van der Waals surface area contributed by atoms with Gasteiger partial charge in [-0.15, -0.1) is 0 Å². The molecular formula is C20H20N2O14S3. The molecule has 0 aliphatic heterocycles. The van der Waals surface area contributed by atoms with Crippen LogP contribution in [0.3, 0.4) is 0 Å². The molecule has 2 unspecified atom stereocenters. The fourth-order valence-electron chi connectivity index (χ4n) is 2.97. The Morgan fingerprint density at radius 3 is 1.10 bits per heavy atom. The van der Waals surface area contributed by atoms with E-state index in [9.17, 15) is 44.4 Å². The number of amides is 2. The van der Waals surface area contributed by atoms with Crippen molar-refractivity contribution in [1.82, 2.24) is 0 Å². The molecular weight excluding hydrogens is 588 g/mol. The van der Waals surface area contributed by atoms with Gasteiger partial charge in [-0.2, -0.15) is 16.8 Å². The van der Waals surface area contributed by atoms with Gasteiger partial charge in [-0.1, -0.05) is 0 Å². The standard InChI is InChI=1S/C20H20N2O14S3/c23-17(9-15(19(25)26)38(31,32)33)21-11-1-5-13(6-2-11)37(29,30)14-7-3-12(4-8-14)22-18(24)10-16(20(27)28)39(34,35)36/h1-8,15-16H,9-10H2,(H,21,23)(H,22,24)(H,25,26)(H,27,28)(H,31,32,33)(H,34,35,36). The lowest BCUT2D eigenvalue weighted by molar-refractivity contribution is -0.138. The minimum absolute atomic E-state index is 0.0129. The van der Waals surface area contributed by atoms with Crippen molar-refractivity contribution in [1.29, 1.82) is 0 Å². The molecule has 19 heteroatoms. The van der Waals surface area contributed by atoms with E-state index >= 15 is 0 Å². The Kier molecular flexibility index (Phi) is 9.52. The van der Waals surface area contributed by atoms with Gasteiger partial charge in [0.05, 0.1) is 22.6 Å². The molecule has 6 N–H and O–H groups in total. The third-order valence-electron chi connectivity index (χ3n) is 4.91. The number of nitrogens with one attached hydrogen (secondary N) is 2. The van der Waals surface area contributed by atoms with Crippen LogP contribution >= 0.6 is 0 Å². The smallest absolute Gasteiger partial charge is 0.324 e. The van der Waals surface area contributed by atoms with Crippen LogP contribution in [0.1, 0.15) is 12.8 Å². The number of aliphatic carboxylic acids is 2. The summed E-state index contributed by atoms with van der Waals surface area (Å²) in [6.07, 6.45) is -2.21. The molecule has 2 atom stereocenters. The molecule has 0 saturated heterocycles. The zero-order valence-electron chi connectivity index (χ0n) is 19.3. The minimum Gasteiger partial charge on any atom is -0.480 e. The Balaban J connectivity index is 2.11. The first-order chi connectivity index (χ1) is 17.8. The minimum atomic E-state index is -5.05. The summed E-state index contributed by atoms with van der Waals surface area (Å²) in [6, 6.07) is 8.87. The topological polar surface area (TPSA) is 276 Å². The summed E-state index contributed by atoms with van der Waals surface area (Å²) < 4.78 is 87.9. The molecule has 0 aromatic heterocycles. The highest BCUT2D eigenvalue weighted by molar-refractivity contribution is 7.91. The largest absolute Gasteiger partial charge is 0.480 e. The van der Waals surface area contributed by atoms with E-state index in [0.717, 1.165) is 48.5 Å². The molecule has 2 aromatic rings. The molecule has 16 nitrogen and oxygen atoms in total. The van der Waals surface area contributed by atoms with Gasteiger partial charge in [-0.05, 0) is 48.5 Å². The van der Waals surface area contributed by atoms with Gasteiger partial charge in [0.15, 0.2) is 10.5 Å². The van der Waals surface area contributed by atoms with Gasteiger partial charge in [0.1, 0.15) is 0 Å². The van der Waals surface area contributed by atoms with Gasteiger partial charge in [0, 0.05) is 11.4 Å². The Hall–Kier alpha value is -3.91. The molecule has 2 rings (SSSR count). The quantitative estimate of drug-likeness (QED) is 0.171. The van der Waals surface area contributed by atoms with E-state index < -0.39 is 77.2 Å². The molecule has 0 radical (unpaired) electrons. The van der Waals surface area contributed by atoms with Crippen molar-refractivity contribution < 1.29 is 63.8 Å². The Morgan fingerprint density at radius 1 is 0.590 bits per heavy atom. The maximum Gasteiger partial charge on any atom is 0.324 e. The second-order valence-electron chi connectivity index (χ2n) is 7.74. The van der Waals surface area contributed by atoms with Crippen LogP contribution in [0.4, 0.5) is 11.4 Å². The first-order valence-corrected chi connectivity index (χ1v) is 14.7. The first-order valence-electron chi connectivity index (χ1n) is 10.3. The molecule has 212 valence electrons. The summed E-state index contributed by atoms with van der Waals surface area (Å²) >= 11 is 0. The first kappa shape index (κ1) is 31.3. The Morgan fingerprint density at radius 2 is 0.872 bits per heavy atom. The van der Waals surface area contributed by atoms with Crippen molar-refractivity contribution in [3.63, 3.8) is 0 Å². The van der Waals surface area contributed by atoms with Crippen LogP contribution in [-0.2, 0) is 49.3 Å². The number of hydrogen-bond acceptors (Lipinski definition) is 10. The SMILES string of the molecule is O=C(CC(C(=O)O)S(=O)(=O)O)Nc1ccc(S(=O)(=O)c2ccc(NC(=O)CC(C(=O)O)S(=O)(=O)O)cc2)cc1. The van der Waals surface area contributed by atoms with Crippen molar-refractivity contribution in [2.75, 3.05) is 10.6 Å². The van der Waals surface area contributed by atoms with Gasteiger partial charge in [-0.25, -0.2) is 8.42 Å². The number of sulfone groups is 1. The van der Waals surface area contributed by atoms with Crippen molar-refractivity contribution in [2.45, 2.75) is 33.1 Å². The Bertz CT molecular complexity index is 1480. The van der Waals surface area contributed by atoms with Gasteiger partial charge >= 0.3 is 11.9 Å². The lowest BCUT2D eigenvalue weighted by Crippen LogP contribution is -2.33. The van der Waals surface area contributed by atoms with Crippen molar-refractivity contribution in [3.8, 4) is 0 Å². The van der Waals surface area contributed by atoms with Crippen LogP contribution in [0.5, 0.6) is 0 Å². The highest BCUT2D eigenvalue weighted by Gasteiger charge is 2.34. The molecule has 0 spiro atoms. The molecule has 0 aliphatic carbocycles. The van der Waals surface area contributed by atoms with Crippen molar-refractivity contribution >= 4 is 65.2 Å². The second kappa shape index (κ2) is 11.9. The molecule has 39 heavy (non-hydrogen) atoms. The van der Waals surface area contributed by atoms with Gasteiger partial charge in [0.25, 0.3) is 20.2 Å². The third-order valence-corrected chi connectivity index (χ3v) is 8.87. The summed E-state index contributed by atoms with van der Waals surface area (Å²) in [5.74, 6) is -6.05. The van der Waals surface area contributed by atoms with Gasteiger partial charge in [-0.3, -0.25) is 28.3 Å². The van der Waals surface area contributed by atoms with E-state index in [4.69, 9.17) is 19.3 Å². The van der Waals surface area contributed by atoms with Crippen LogP contribution in [0.2, 0.25) is 0 Å². The average molecular weight is 609 g/mol. The van der Waals surface area contributed by atoms with E-state index in [1.807, 2.05) is 0 Å². The van der Waals surface area contributed by atoms with E-state index in [1.165, 1.54) is 0 Å². The lowest BCUT2D eigenvalue weighted by Gasteiger charge is -2.11. The van der Waals surface area contributed by atoms with Crippen molar-refractivity contribution in [3.05, 3.63) is 48.5 Å². The number of rotatable bonds is 12. The second-order valence-corrected chi connectivity index (χ2v) is 12.9. The van der Waals surface area contributed by atoms with Crippen LogP contribution in [0, 0.1) is 0 Å². The molecule has 0 saturated carbocycles. The fourth-order valence-corrected chi connectivity index (χ4v) is 5.47. The number of carbonyl (C=O) groups excluding carboxylic acids is 2. The highest BCUT2D eigenvalue weighted by atomic mass is 32.2. The van der Waals surface area contributed by atoms with E-state index in [-0.39, 0.29) is 21.2 Å². The molecule has 2 amide bonds. The summed E-state index contributed by atoms with van der Waals surface area (Å²) in [6.45, 7) is 0. The number of carboxylic acid groups (broad SMARTS) is 2. The maximum atomic E-state index is 12.9. The van der Waals surface area contributed by atoms with Crippen LogP contribution in [0.15, 0.2) is 58.3 Å². The number of carbonyl (C=O) groups is 4. The third kappa shape index (κ3) is 8.55. The summed E-state index contributed by atoms with van der Waals surface area (Å²) in [5.41, 5.74) is -0.0258. The lowest BCUT2D eigenvalue weighted by atomic mass is 10.2. The van der Waals surface area contributed by atoms with E-state index in [0.29, 0.717) is 0 Å². The summed E-state index contributed by atoms with van der Waals surface area (Å²) in [5, 5.41) is 17.2. The molecule has 0 aliphatic rings. The predicted octanol–water partition coefficient (Wildman–Crippen LogP) is -0.141. The van der Waals surface area contributed by atoms with Gasteiger partial charge in [0.2, 0.25) is 21.7 Å². The van der Waals surface area contributed by atoms with Crippen molar-refractivity contribution in [2.24, 2.45) is 0 Å². The summed E-state index contributed by atoms with van der Waals surface area (Å²) in [7, 11) is -14.2. The highest BCUT2D eigenvalue weighted by Crippen LogP contribution is 2.24. The van der Waals surface area contributed by atoms with Gasteiger partial charge < -0.3 is 20.8 Å². The average Bonchev–Trinajstić information content (AvgIpc) is 2.80. The number of benzene rings is 2. The molecule has 0 fully saturated rings. The van der Waals surface area contributed by atoms with Crippen LogP contribution in [0.25, 0.3) is 0 Å². The monoisotopic (exact) mass is 608 g/mol. The number of anilines is 2. The normalized spacial score (nSPS) is 13.6. The zero-order chi connectivity index (χ0) is 29.8. The molecule has 2 aromatic carbocycles. The molecule has 0 heterocycles. The van der Waals surface area contributed by atoms with E-state index in [2.05, 4.69) is 10.6 Å². The zero-order valence-corrected chi connectivity index (χ0v) is 21.7. The summed E-state index contributed by atoms with van der Waals surface area (Å²) in [4.78, 5) is 45.3. The predicted molar refractivity (Wildman–Crippen MR) is 131 cm³/mol. The Labute approximate surface area is 221 Å². The van der Waals surface area contributed by atoms with Crippen LogP contribution < -0.4 is 10.6 Å². The number of hydrogen-bond donors (Lipinski definition) is 6. The molecule has 0 bridgehead atoms. The van der Waals surface area contributed by atoms with E-state index in [1.54, 1.807) is 0 Å². The number of carboxylic acids is 2. The fraction of sp³-hybridized carbons (Fsp3) is 0.200. The maximum absolute atomic E-state index is 12.9. The van der Waals surface area contributed by atoms with Crippen LogP contribution in [-0.4, -0.2) is 78.8 Å².